The molecule has 90 valence electrons. The first-order valence-corrected chi connectivity index (χ1v) is 6.03. The summed E-state index contributed by atoms with van der Waals surface area (Å²) in [6.07, 6.45) is 0. The number of aromatic nitrogens is 1. The number of hydrogen-bond acceptors (Lipinski definition) is 2. The largest absolute Gasteiger partial charge is 0.383 e. The van der Waals surface area contributed by atoms with E-state index in [0.29, 0.717) is 10.8 Å². The number of rotatable bonds is 0. The Hall–Kier alpha value is -1.28. The van der Waals surface area contributed by atoms with Crippen molar-refractivity contribution in [3.63, 3.8) is 0 Å². The summed E-state index contributed by atoms with van der Waals surface area (Å²) in [7, 11) is 0. The first-order valence-electron chi connectivity index (χ1n) is 5.66. The third-order valence-corrected chi connectivity index (χ3v) is 3.14. The summed E-state index contributed by atoms with van der Waals surface area (Å²) in [5, 5.41) is 1.71. The molecule has 1 aromatic heterocycles. The topological polar surface area (TPSA) is 38.9 Å². The van der Waals surface area contributed by atoms with Gasteiger partial charge in [0.05, 0.1) is 10.5 Å². The van der Waals surface area contributed by atoms with Crippen molar-refractivity contribution in [3.8, 4) is 0 Å². The van der Waals surface area contributed by atoms with Crippen LogP contribution in [0.2, 0.25) is 5.02 Å². The van der Waals surface area contributed by atoms with Gasteiger partial charge in [-0.3, -0.25) is 0 Å². The van der Waals surface area contributed by atoms with Crippen LogP contribution in [0.15, 0.2) is 18.2 Å². The summed E-state index contributed by atoms with van der Waals surface area (Å²) in [5.41, 5.74) is 8.97. The summed E-state index contributed by atoms with van der Waals surface area (Å²) in [6, 6.07) is 6.09. The van der Waals surface area contributed by atoms with Crippen molar-refractivity contribution in [2.24, 2.45) is 0 Å². The van der Waals surface area contributed by atoms with Gasteiger partial charge in [0.2, 0.25) is 0 Å². The Balaban J connectivity index is 2.81. The number of pyridine rings is 1. The Morgan fingerprint density at radius 1 is 1.18 bits per heavy atom. The zero-order valence-corrected chi connectivity index (χ0v) is 11.4. The number of benzene rings is 1. The molecule has 1 aromatic carbocycles. The van der Waals surface area contributed by atoms with Gasteiger partial charge in [-0.25, -0.2) is 4.98 Å². The van der Waals surface area contributed by atoms with E-state index in [1.165, 1.54) is 0 Å². The highest BCUT2D eigenvalue weighted by atomic mass is 35.5. The van der Waals surface area contributed by atoms with Gasteiger partial charge in [0.25, 0.3) is 0 Å². The lowest BCUT2D eigenvalue weighted by atomic mass is 9.86. The van der Waals surface area contributed by atoms with Crippen molar-refractivity contribution in [3.05, 3.63) is 34.3 Å². The molecule has 0 aliphatic heterocycles. The van der Waals surface area contributed by atoms with E-state index in [1.807, 2.05) is 13.0 Å². The van der Waals surface area contributed by atoms with Crippen LogP contribution in [0, 0.1) is 6.92 Å². The standard InChI is InChI=1S/C14H17ClN2/c1-8-5-9-7-10(14(2,3)4)13(16)17-12(9)11(15)6-8/h5-7H,1-4H3,(H2,16,17). The van der Waals surface area contributed by atoms with E-state index in [0.717, 1.165) is 22.0 Å². The van der Waals surface area contributed by atoms with Crippen molar-refractivity contribution < 1.29 is 0 Å². The van der Waals surface area contributed by atoms with Crippen LogP contribution in [-0.4, -0.2) is 4.98 Å². The number of aryl methyl sites for hydroxylation is 1. The quantitative estimate of drug-likeness (QED) is 0.763. The SMILES string of the molecule is Cc1cc(Cl)c2nc(N)c(C(C)(C)C)cc2c1. The average molecular weight is 249 g/mol. The molecule has 0 radical (unpaired) electrons. The molecule has 0 aliphatic carbocycles. The Morgan fingerprint density at radius 3 is 2.41 bits per heavy atom. The van der Waals surface area contributed by atoms with E-state index in [2.05, 4.69) is 37.9 Å². The molecule has 1 heterocycles. The molecule has 0 spiro atoms. The first-order chi connectivity index (χ1) is 7.79. The fraction of sp³-hybridized carbons (Fsp3) is 0.357. The molecule has 0 bridgehead atoms. The maximum absolute atomic E-state index is 6.18. The summed E-state index contributed by atoms with van der Waals surface area (Å²) in [5.74, 6) is 0.566. The minimum absolute atomic E-state index is 0.0124. The maximum atomic E-state index is 6.18. The summed E-state index contributed by atoms with van der Waals surface area (Å²) < 4.78 is 0. The van der Waals surface area contributed by atoms with E-state index >= 15 is 0 Å². The van der Waals surface area contributed by atoms with Crippen molar-refractivity contribution in [2.75, 3.05) is 5.73 Å². The zero-order valence-electron chi connectivity index (χ0n) is 10.6. The Labute approximate surface area is 107 Å². The molecule has 0 unspecified atom stereocenters. The molecule has 2 rings (SSSR count). The van der Waals surface area contributed by atoms with Gasteiger partial charge in [0.15, 0.2) is 0 Å². The Morgan fingerprint density at radius 2 is 1.82 bits per heavy atom. The van der Waals surface area contributed by atoms with Gasteiger partial charge in [0, 0.05) is 10.9 Å². The van der Waals surface area contributed by atoms with Crippen LogP contribution in [0.25, 0.3) is 10.9 Å². The smallest absolute Gasteiger partial charge is 0.127 e. The summed E-state index contributed by atoms with van der Waals surface area (Å²) >= 11 is 6.18. The molecule has 0 saturated heterocycles. The van der Waals surface area contributed by atoms with Gasteiger partial charge in [-0.15, -0.1) is 0 Å². The van der Waals surface area contributed by atoms with Crippen molar-refractivity contribution >= 4 is 28.3 Å². The number of nitrogens with two attached hydrogens (primary N) is 1. The second-order valence-corrected chi connectivity index (χ2v) is 5.90. The molecule has 2 aromatic rings. The molecule has 0 atom stereocenters. The highest BCUT2D eigenvalue weighted by molar-refractivity contribution is 6.35. The molecule has 0 fully saturated rings. The summed E-state index contributed by atoms with van der Waals surface area (Å²) in [6.45, 7) is 8.41. The van der Waals surface area contributed by atoms with E-state index in [-0.39, 0.29) is 5.41 Å². The van der Waals surface area contributed by atoms with Crippen LogP contribution < -0.4 is 5.73 Å². The van der Waals surface area contributed by atoms with Crippen LogP contribution in [0.5, 0.6) is 0 Å². The molecule has 2 nitrogen and oxygen atoms in total. The van der Waals surface area contributed by atoms with E-state index in [9.17, 15) is 0 Å². The molecule has 0 saturated carbocycles. The minimum Gasteiger partial charge on any atom is -0.383 e. The molecular weight excluding hydrogens is 232 g/mol. The van der Waals surface area contributed by atoms with Crippen molar-refractivity contribution in [2.45, 2.75) is 33.1 Å². The van der Waals surface area contributed by atoms with Crippen LogP contribution in [0.1, 0.15) is 31.9 Å². The van der Waals surface area contributed by atoms with Crippen molar-refractivity contribution in [1.29, 1.82) is 0 Å². The van der Waals surface area contributed by atoms with Gasteiger partial charge in [-0.2, -0.15) is 0 Å². The first kappa shape index (κ1) is 12.2. The van der Waals surface area contributed by atoms with Gasteiger partial charge < -0.3 is 5.73 Å². The molecule has 3 heteroatoms. The third kappa shape index (κ3) is 2.22. The lowest BCUT2D eigenvalue weighted by molar-refractivity contribution is 0.591. The number of nitrogens with zero attached hydrogens (tertiary/aromatic N) is 1. The Kier molecular flexibility index (Phi) is 2.78. The lowest BCUT2D eigenvalue weighted by Crippen LogP contribution is -2.15. The minimum atomic E-state index is -0.0124. The van der Waals surface area contributed by atoms with E-state index < -0.39 is 0 Å². The second kappa shape index (κ2) is 3.88. The van der Waals surface area contributed by atoms with E-state index in [1.54, 1.807) is 0 Å². The van der Waals surface area contributed by atoms with Crippen LogP contribution in [-0.2, 0) is 5.41 Å². The monoisotopic (exact) mass is 248 g/mol. The number of halogens is 1. The Bertz CT molecular complexity index is 583. The lowest BCUT2D eigenvalue weighted by Gasteiger charge is -2.21. The molecule has 0 amide bonds. The highest BCUT2D eigenvalue weighted by Crippen LogP contribution is 2.32. The second-order valence-electron chi connectivity index (χ2n) is 5.49. The van der Waals surface area contributed by atoms with E-state index in [4.69, 9.17) is 17.3 Å². The maximum Gasteiger partial charge on any atom is 0.127 e. The molecular formula is C14H17ClN2. The highest BCUT2D eigenvalue weighted by Gasteiger charge is 2.19. The summed E-state index contributed by atoms with van der Waals surface area (Å²) in [4.78, 5) is 4.43. The zero-order chi connectivity index (χ0) is 12.8. The third-order valence-electron chi connectivity index (χ3n) is 2.85. The number of hydrogen-bond donors (Lipinski definition) is 1. The average Bonchev–Trinajstić information content (AvgIpc) is 2.16. The van der Waals surface area contributed by atoms with Gasteiger partial charge in [-0.05, 0) is 36.1 Å². The fourth-order valence-corrected chi connectivity index (χ4v) is 2.32. The molecule has 2 N–H and O–H groups in total. The molecule has 17 heavy (non-hydrogen) atoms. The van der Waals surface area contributed by atoms with Gasteiger partial charge in [0.1, 0.15) is 5.82 Å². The van der Waals surface area contributed by atoms with Crippen LogP contribution >= 0.6 is 11.6 Å². The van der Waals surface area contributed by atoms with Gasteiger partial charge in [-0.1, -0.05) is 32.4 Å². The number of fused-ring (bicyclic) bond motifs is 1. The predicted octanol–water partition coefficient (Wildman–Crippen LogP) is 4.08. The number of anilines is 1. The van der Waals surface area contributed by atoms with Gasteiger partial charge >= 0.3 is 0 Å². The van der Waals surface area contributed by atoms with Crippen molar-refractivity contribution in [1.82, 2.24) is 4.98 Å². The number of nitrogen functional groups attached to an aromatic ring is 1. The van der Waals surface area contributed by atoms with Crippen LogP contribution in [0.4, 0.5) is 5.82 Å². The predicted molar refractivity (Wildman–Crippen MR) is 74.6 cm³/mol. The molecule has 0 aliphatic rings. The van der Waals surface area contributed by atoms with Crippen LogP contribution in [0.3, 0.4) is 0 Å². The fourth-order valence-electron chi connectivity index (χ4n) is 2.00. The normalized spacial score (nSPS) is 12.1.